The number of halogens is 1. The maximum absolute atomic E-state index is 12.6. The van der Waals surface area contributed by atoms with E-state index < -0.39 is 10.0 Å². The van der Waals surface area contributed by atoms with E-state index in [1.165, 1.54) is 11.3 Å². The summed E-state index contributed by atoms with van der Waals surface area (Å²) in [5.74, 6) is 0.375. The summed E-state index contributed by atoms with van der Waals surface area (Å²) in [6.07, 6.45) is 3.30. The number of nitrogens with one attached hydrogen (secondary N) is 2. The Kier molecular flexibility index (Phi) is 7.31. The molecule has 8 heteroatoms. The van der Waals surface area contributed by atoms with Gasteiger partial charge >= 0.3 is 0 Å². The highest BCUT2D eigenvalue weighted by atomic mass is 79.9. The van der Waals surface area contributed by atoms with Crippen molar-refractivity contribution in [2.24, 2.45) is 11.8 Å². The zero-order valence-electron chi connectivity index (χ0n) is 15.7. The molecular formula is C20H25BrN2O3S2. The number of rotatable bonds is 7. The quantitative estimate of drug-likeness (QED) is 0.608. The van der Waals surface area contributed by atoms with E-state index in [2.05, 4.69) is 26.0 Å². The largest absolute Gasteiger partial charge is 0.349 e. The van der Waals surface area contributed by atoms with E-state index in [9.17, 15) is 13.2 Å². The van der Waals surface area contributed by atoms with Crippen LogP contribution >= 0.6 is 27.3 Å². The molecule has 1 atom stereocenters. The van der Waals surface area contributed by atoms with Crippen LogP contribution in [0.3, 0.4) is 0 Å². The predicted molar refractivity (Wildman–Crippen MR) is 116 cm³/mol. The molecule has 2 aromatic rings. The Morgan fingerprint density at radius 1 is 1.14 bits per heavy atom. The summed E-state index contributed by atoms with van der Waals surface area (Å²) in [5.41, 5.74) is 1.10. The van der Waals surface area contributed by atoms with E-state index in [-0.39, 0.29) is 23.8 Å². The van der Waals surface area contributed by atoms with Crippen LogP contribution in [0, 0.1) is 11.8 Å². The maximum Gasteiger partial charge on any atom is 0.250 e. The Bertz CT molecular complexity index is 891. The van der Waals surface area contributed by atoms with Crippen molar-refractivity contribution in [3.8, 4) is 0 Å². The molecule has 0 saturated heterocycles. The van der Waals surface area contributed by atoms with E-state index in [1.807, 2.05) is 37.3 Å². The van der Waals surface area contributed by atoms with Crippen LogP contribution in [0.4, 0.5) is 0 Å². The molecule has 2 N–H and O–H groups in total. The minimum Gasteiger partial charge on any atom is -0.349 e. The van der Waals surface area contributed by atoms with Gasteiger partial charge in [0.25, 0.3) is 0 Å². The third kappa shape index (κ3) is 5.65. The molecule has 0 radical (unpaired) electrons. The van der Waals surface area contributed by atoms with Gasteiger partial charge in [0.05, 0.1) is 9.83 Å². The van der Waals surface area contributed by atoms with Gasteiger partial charge in [0.15, 0.2) is 0 Å². The summed E-state index contributed by atoms with van der Waals surface area (Å²) >= 11 is 4.50. The molecule has 1 aliphatic carbocycles. The summed E-state index contributed by atoms with van der Waals surface area (Å²) in [6.45, 7) is 2.42. The van der Waals surface area contributed by atoms with Crippen LogP contribution < -0.4 is 10.0 Å². The van der Waals surface area contributed by atoms with E-state index in [4.69, 9.17) is 0 Å². The van der Waals surface area contributed by atoms with Crippen LogP contribution in [0.1, 0.15) is 44.2 Å². The molecule has 1 fully saturated rings. The number of hydrogen-bond acceptors (Lipinski definition) is 4. The van der Waals surface area contributed by atoms with Gasteiger partial charge in [0.1, 0.15) is 4.21 Å². The molecule has 152 valence electrons. The molecule has 0 spiro atoms. The first kappa shape index (κ1) is 21.5. The second kappa shape index (κ2) is 9.52. The summed E-state index contributed by atoms with van der Waals surface area (Å²) < 4.78 is 28.5. The minimum atomic E-state index is -3.46. The maximum atomic E-state index is 12.6. The molecule has 0 unspecified atom stereocenters. The lowest BCUT2D eigenvalue weighted by Crippen LogP contribution is -2.37. The molecule has 3 rings (SSSR count). The lowest BCUT2D eigenvalue weighted by Gasteiger charge is -2.28. The molecule has 5 nitrogen and oxygen atoms in total. The van der Waals surface area contributed by atoms with Gasteiger partial charge < -0.3 is 5.32 Å². The van der Waals surface area contributed by atoms with Crippen LogP contribution in [0.25, 0.3) is 0 Å². The first-order valence-electron chi connectivity index (χ1n) is 9.45. The highest BCUT2D eigenvalue weighted by Gasteiger charge is 2.28. The lowest BCUT2D eigenvalue weighted by molar-refractivity contribution is -0.126. The van der Waals surface area contributed by atoms with Crippen LogP contribution in [-0.2, 0) is 14.8 Å². The Balaban J connectivity index is 1.44. The molecule has 1 aromatic carbocycles. The number of sulfonamides is 1. The average Bonchev–Trinajstić information content (AvgIpc) is 3.15. The standard InChI is InChI=1S/C20H25BrN2O3S2/c1-14(16-5-3-2-4-6-16)23-20(24)17-9-7-15(8-10-17)13-22-28(25,26)19-12-11-18(21)27-19/h2-6,11-12,14-15,17,22H,7-10,13H2,1H3,(H,23,24)/t14-,15?,17?/m1/s1. The number of amides is 1. The van der Waals surface area contributed by atoms with E-state index in [1.54, 1.807) is 12.1 Å². The van der Waals surface area contributed by atoms with Gasteiger partial charge in [-0.1, -0.05) is 30.3 Å². The van der Waals surface area contributed by atoms with Gasteiger partial charge in [-0.3, -0.25) is 4.79 Å². The molecule has 1 heterocycles. The van der Waals surface area contributed by atoms with Crippen molar-refractivity contribution in [2.45, 2.75) is 42.9 Å². The Hall–Kier alpha value is -1.22. The Morgan fingerprint density at radius 2 is 1.82 bits per heavy atom. The van der Waals surface area contributed by atoms with Gasteiger partial charge in [0.2, 0.25) is 15.9 Å². The first-order chi connectivity index (χ1) is 13.3. The van der Waals surface area contributed by atoms with Crippen molar-refractivity contribution < 1.29 is 13.2 Å². The topological polar surface area (TPSA) is 75.3 Å². The average molecular weight is 485 g/mol. The SMILES string of the molecule is C[C@@H](NC(=O)C1CCC(CNS(=O)(=O)c2ccc(Br)s2)CC1)c1ccccc1. The summed E-state index contributed by atoms with van der Waals surface area (Å²) in [7, 11) is -3.46. The fraction of sp³-hybridized carbons (Fsp3) is 0.450. The second-order valence-corrected chi connectivity index (χ2v) is 11.7. The number of benzene rings is 1. The second-order valence-electron chi connectivity index (χ2n) is 7.27. The van der Waals surface area contributed by atoms with Gasteiger partial charge in [-0.15, -0.1) is 11.3 Å². The van der Waals surface area contributed by atoms with Crippen LogP contribution in [0.15, 0.2) is 50.5 Å². The number of carbonyl (C=O) groups excluding carboxylic acids is 1. The van der Waals surface area contributed by atoms with Crippen molar-refractivity contribution in [3.63, 3.8) is 0 Å². The van der Waals surface area contributed by atoms with Crippen molar-refractivity contribution >= 4 is 43.2 Å². The zero-order valence-corrected chi connectivity index (χ0v) is 18.9. The summed E-state index contributed by atoms with van der Waals surface area (Å²) in [6, 6.07) is 13.3. The molecular weight excluding hydrogens is 460 g/mol. The van der Waals surface area contributed by atoms with Gasteiger partial charge in [-0.05, 0) is 72.2 Å². The Morgan fingerprint density at radius 3 is 2.43 bits per heavy atom. The summed E-state index contributed by atoms with van der Waals surface area (Å²) in [5, 5.41) is 3.11. The molecule has 28 heavy (non-hydrogen) atoms. The molecule has 1 aromatic heterocycles. The van der Waals surface area contributed by atoms with Crippen LogP contribution in [0.5, 0.6) is 0 Å². The highest BCUT2D eigenvalue weighted by Crippen LogP contribution is 2.30. The normalized spacial score (nSPS) is 21.2. The van der Waals surface area contributed by atoms with Crippen molar-refractivity contribution in [3.05, 3.63) is 51.8 Å². The predicted octanol–water partition coefficient (Wildman–Crippen LogP) is 4.47. The van der Waals surface area contributed by atoms with E-state index in [0.717, 1.165) is 35.0 Å². The molecule has 1 aliphatic rings. The number of carbonyl (C=O) groups is 1. The Labute approximate surface area is 179 Å². The molecule has 0 bridgehead atoms. The third-order valence-corrected chi connectivity index (χ3v) is 8.79. The first-order valence-corrected chi connectivity index (χ1v) is 12.5. The molecule has 0 aliphatic heterocycles. The van der Waals surface area contributed by atoms with E-state index >= 15 is 0 Å². The van der Waals surface area contributed by atoms with Crippen molar-refractivity contribution in [1.29, 1.82) is 0 Å². The molecule has 1 saturated carbocycles. The number of hydrogen-bond donors (Lipinski definition) is 2. The fourth-order valence-corrected chi connectivity index (χ4v) is 6.70. The number of thiophene rings is 1. The molecule has 1 amide bonds. The van der Waals surface area contributed by atoms with E-state index in [0.29, 0.717) is 10.8 Å². The lowest BCUT2D eigenvalue weighted by atomic mass is 9.81. The van der Waals surface area contributed by atoms with Gasteiger partial charge in [0, 0.05) is 12.5 Å². The van der Waals surface area contributed by atoms with Crippen molar-refractivity contribution in [1.82, 2.24) is 10.0 Å². The highest BCUT2D eigenvalue weighted by molar-refractivity contribution is 9.11. The van der Waals surface area contributed by atoms with Crippen LogP contribution in [-0.4, -0.2) is 20.9 Å². The smallest absolute Gasteiger partial charge is 0.250 e. The van der Waals surface area contributed by atoms with Crippen molar-refractivity contribution in [2.75, 3.05) is 6.54 Å². The van der Waals surface area contributed by atoms with Crippen LogP contribution in [0.2, 0.25) is 0 Å². The third-order valence-electron chi connectivity index (χ3n) is 5.25. The minimum absolute atomic E-state index is 0.00673. The zero-order chi connectivity index (χ0) is 20.1. The van der Waals surface area contributed by atoms with Gasteiger partial charge in [-0.2, -0.15) is 0 Å². The summed E-state index contributed by atoms with van der Waals surface area (Å²) in [4.78, 5) is 12.6. The fourth-order valence-electron chi connectivity index (χ4n) is 3.53. The monoisotopic (exact) mass is 484 g/mol. The van der Waals surface area contributed by atoms with Gasteiger partial charge in [-0.25, -0.2) is 13.1 Å².